The third-order valence-corrected chi connectivity index (χ3v) is 7.07. The highest BCUT2D eigenvalue weighted by atomic mass is 32.1. The van der Waals surface area contributed by atoms with Crippen LogP contribution in [0.4, 0.5) is 0 Å². The number of benzene rings is 4. The van der Waals surface area contributed by atoms with Gasteiger partial charge in [0.1, 0.15) is 18.1 Å². The number of carbonyl (C=O) groups excluding carboxylic acids is 1. The lowest BCUT2D eigenvalue weighted by Gasteiger charge is -2.12. The first-order valence-electron chi connectivity index (χ1n) is 11.8. The smallest absolute Gasteiger partial charge is 0.195 e. The zero-order valence-electron chi connectivity index (χ0n) is 20.0. The van der Waals surface area contributed by atoms with Crippen LogP contribution in [-0.4, -0.2) is 12.9 Å². The molecule has 0 aliphatic rings. The SMILES string of the molecule is COc1ccc(/C=C/C(=O)c2ccc(Cc3ccccc3)s2)cc1COc1ccc2ccccc2c1. The number of methoxy groups -OCH3 is 1. The van der Waals surface area contributed by atoms with Gasteiger partial charge in [-0.15, -0.1) is 11.3 Å². The lowest BCUT2D eigenvalue weighted by atomic mass is 10.1. The normalized spacial score (nSPS) is 11.1. The maximum atomic E-state index is 12.8. The molecule has 0 saturated carbocycles. The van der Waals surface area contributed by atoms with E-state index < -0.39 is 0 Å². The summed E-state index contributed by atoms with van der Waals surface area (Å²) in [6.07, 6.45) is 4.31. The highest BCUT2D eigenvalue weighted by Crippen LogP contribution is 2.26. The van der Waals surface area contributed by atoms with Crippen molar-refractivity contribution in [1.82, 2.24) is 0 Å². The number of ketones is 1. The van der Waals surface area contributed by atoms with E-state index in [-0.39, 0.29) is 5.78 Å². The minimum Gasteiger partial charge on any atom is -0.496 e. The van der Waals surface area contributed by atoms with Crippen molar-refractivity contribution < 1.29 is 14.3 Å². The summed E-state index contributed by atoms with van der Waals surface area (Å²) in [6, 6.07) is 34.4. The highest BCUT2D eigenvalue weighted by Gasteiger charge is 2.09. The third kappa shape index (κ3) is 5.73. The molecular formula is C32H26O3S. The second-order valence-electron chi connectivity index (χ2n) is 8.49. The molecule has 0 bridgehead atoms. The Morgan fingerprint density at radius 1 is 0.833 bits per heavy atom. The van der Waals surface area contributed by atoms with Crippen LogP contribution in [0.15, 0.2) is 109 Å². The van der Waals surface area contributed by atoms with Gasteiger partial charge in [-0.1, -0.05) is 72.8 Å². The fraction of sp³-hybridized carbons (Fsp3) is 0.0938. The quantitative estimate of drug-likeness (QED) is 0.155. The van der Waals surface area contributed by atoms with E-state index in [4.69, 9.17) is 9.47 Å². The molecule has 36 heavy (non-hydrogen) atoms. The van der Waals surface area contributed by atoms with Gasteiger partial charge in [-0.3, -0.25) is 4.79 Å². The Labute approximate surface area is 215 Å². The van der Waals surface area contributed by atoms with Gasteiger partial charge in [0.2, 0.25) is 0 Å². The number of thiophene rings is 1. The second kappa shape index (κ2) is 11.1. The van der Waals surface area contributed by atoms with Gasteiger partial charge in [0.15, 0.2) is 5.78 Å². The summed E-state index contributed by atoms with van der Waals surface area (Å²) in [4.78, 5) is 14.7. The van der Waals surface area contributed by atoms with Crippen LogP contribution in [0.1, 0.15) is 31.2 Å². The summed E-state index contributed by atoms with van der Waals surface area (Å²) in [5, 5.41) is 2.31. The predicted molar refractivity (Wildman–Crippen MR) is 148 cm³/mol. The first-order valence-corrected chi connectivity index (χ1v) is 12.6. The average Bonchev–Trinajstić information content (AvgIpc) is 3.39. The van der Waals surface area contributed by atoms with Crippen molar-refractivity contribution in [3.05, 3.63) is 136 Å². The van der Waals surface area contributed by atoms with E-state index in [0.29, 0.717) is 6.61 Å². The number of allylic oxidation sites excluding steroid dienone is 1. The Bertz CT molecular complexity index is 1520. The largest absolute Gasteiger partial charge is 0.496 e. The molecule has 5 rings (SSSR count). The van der Waals surface area contributed by atoms with Crippen LogP contribution in [0.25, 0.3) is 16.8 Å². The molecule has 4 heteroatoms. The van der Waals surface area contributed by atoms with Crippen LogP contribution in [0.2, 0.25) is 0 Å². The molecule has 0 aliphatic carbocycles. The van der Waals surface area contributed by atoms with Crippen molar-refractivity contribution in [2.24, 2.45) is 0 Å². The van der Waals surface area contributed by atoms with Gasteiger partial charge in [0, 0.05) is 16.9 Å². The molecule has 0 fully saturated rings. The van der Waals surface area contributed by atoms with Crippen molar-refractivity contribution in [1.29, 1.82) is 0 Å². The molecule has 5 aromatic rings. The molecule has 0 amide bonds. The van der Waals surface area contributed by atoms with Gasteiger partial charge in [-0.25, -0.2) is 0 Å². The molecule has 1 aromatic heterocycles. The summed E-state index contributed by atoms with van der Waals surface area (Å²) in [6.45, 7) is 0.366. The van der Waals surface area contributed by atoms with E-state index in [2.05, 4.69) is 30.3 Å². The molecular weight excluding hydrogens is 464 g/mol. The van der Waals surface area contributed by atoms with Gasteiger partial charge in [0.25, 0.3) is 0 Å². The Hall–Kier alpha value is -4.15. The van der Waals surface area contributed by atoms with E-state index in [9.17, 15) is 4.79 Å². The standard InChI is InChI=1S/C32H26O3S/c1-34-31-17-12-24(19-27(31)22-35-28-14-13-25-9-5-6-10-26(25)21-28)11-16-30(33)32-18-15-29(36-32)20-23-7-3-2-4-8-23/h2-19,21H,20,22H2,1H3/b16-11+. The van der Waals surface area contributed by atoms with Gasteiger partial charge in [-0.2, -0.15) is 0 Å². The number of fused-ring (bicyclic) bond motifs is 1. The monoisotopic (exact) mass is 490 g/mol. The van der Waals surface area contributed by atoms with Crippen molar-refractivity contribution >= 4 is 34.0 Å². The lowest BCUT2D eigenvalue weighted by Crippen LogP contribution is -1.99. The van der Waals surface area contributed by atoms with Crippen molar-refractivity contribution in [3.63, 3.8) is 0 Å². The minimum absolute atomic E-state index is 0.00379. The minimum atomic E-state index is 0.00379. The Kier molecular flexibility index (Phi) is 7.25. The van der Waals surface area contributed by atoms with Gasteiger partial charge < -0.3 is 9.47 Å². The number of rotatable bonds is 9. The summed E-state index contributed by atoms with van der Waals surface area (Å²) < 4.78 is 11.6. The summed E-state index contributed by atoms with van der Waals surface area (Å²) in [7, 11) is 1.65. The summed E-state index contributed by atoms with van der Waals surface area (Å²) in [5.41, 5.74) is 3.08. The van der Waals surface area contributed by atoms with Crippen molar-refractivity contribution in [3.8, 4) is 11.5 Å². The summed E-state index contributed by atoms with van der Waals surface area (Å²) in [5.74, 6) is 1.56. The van der Waals surface area contributed by atoms with Crippen LogP contribution in [-0.2, 0) is 13.0 Å². The van der Waals surface area contributed by atoms with Gasteiger partial charge in [-0.05, 0) is 64.4 Å². The first kappa shape index (κ1) is 23.6. The molecule has 0 radical (unpaired) electrons. The topological polar surface area (TPSA) is 35.5 Å². The number of carbonyl (C=O) groups is 1. The highest BCUT2D eigenvalue weighted by molar-refractivity contribution is 7.14. The molecule has 3 nitrogen and oxygen atoms in total. The van der Waals surface area contributed by atoms with Gasteiger partial charge >= 0.3 is 0 Å². The van der Waals surface area contributed by atoms with Crippen LogP contribution in [0, 0.1) is 0 Å². The third-order valence-electron chi connectivity index (χ3n) is 5.97. The van der Waals surface area contributed by atoms with Crippen molar-refractivity contribution in [2.45, 2.75) is 13.0 Å². The van der Waals surface area contributed by atoms with Crippen LogP contribution < -0.4 is 9.47 Å². The summed E-state index contributed by atoms with van der Waals surface area (Å²) >= 11 is 1.55. The Balaban J connectivity index is 1.26. The molecule has 178 valence electrons. The second-order valence-corrected chi connectivity index (χ2v) is 9.66. The Morgan fingerprint density at radius 2 is 1.64 bits per heavy atom. The first-order chi connectivity index (χ1) is 17.7. The van der Waals surface area contributed by atoms with E-state index in [0.717, 1.165) is 39.3 Å². The van der Waals surface area contributed by atoms with Crippen LogP contribution in [0.5, 0.6) is 11.5 Å². The van der Waals surface area contributed by atoms with Crippen LogP contribution in [0.3, 0.4) is 0 Å². The lowest BCUT2D eigenvalue weighted by molar-refractivity contribution is 0.105. The molecule has 0 spiro atoms. The molecule has 1 heterocycles. The fourth-order valence-corrected chi connectivity index (χ4v) is 5.05. The molecule has 0 atom stereocenters. The van der Waals surface area contributed by atoms with E-state index >= 15 is 0 Å². The molecule has 4 aromatic carbocycles. The molecule has 0 saturated heterocycles. The van der Waals surface area contributed by atoms with E-state index in [1.165, 1.54) is 15.8 Å². The number of hydrogen-bond acceptors (Lipinski definition) is 4. The van der Waals surface area contributed by atoms with Crippen LogP contribution >= 0.6 is 11.3 Å². The molecule has 0 aliphatic heterocycles. The number of hydrogen-bond donors (Lipinski definition) is 0. The maximum Gasteiger partial charge on any atom is 0.195 e. The molecule has 0 unspecified atom stereocenters. The maximum absolute atomic E-state index is 12.8. The predicted octanol–water partition coefficient (Wildman–Crippen LogP) is 7.98. The van der Waals surface area contributed by atoms with E-state index in [1.807, 2.05) is 78.9 Å². The zero-order valence-corrected chi connectivity index (χ0v) is 20.8. The Morgan fingerprint density at radius 3 is 2.47 bits per heavy atom. The zero-order chi connectivity index (χ0) is 24.7. The number of ether oxygens (including phenoxy) is 2. The van der Waals surface area contributed by atoms with E-state index in [1.54, 1.807) is 24.5 Å². The fourth-order valence-electron chi connectivity index (χ4n) is 4.09. The average molecular weight is 491 g/mol. The van der Waals surface area contributed by atoms with Gasteiger partial charge in [0.05, 0.1) is 12.0 Å². The molecule has 0 N–H and O–H groups in total. The van der Waals surface area contributed by atoms with Crippen molar-refractivity contribution in [2.75, 3.05) is 7.11 Å².